The maximum atomic E-state index is 12.6. The number of nitrogens with one attached hydrogen (secondary N) is 1. The summed E-state index contributed by atoms with van der Waals surface area (Å²) in [7, 11) is 1.56. The average molecular weight is 472 g/mol. The molecule has 1 amide bonds. The van der Waals surface area contributed by atoms with E-state index in [1.807, 2.05) is 19.1 Å². The van der Waals surface area contributed by atoms with Crippen LogP contribution in [-0.4, -0.2) is 28.0 Å². The quantitative estimate of drug-likeness (QED) is 0.347. The van der Waals surface area contributed by atoms with Crippen LogP contribution >= 0.6 is 58.5 Å². The molecule has 0 fully saturated rings. The summed E-state index contributed by atoms with van der Waals surface area (Å²) in [5.41, 5.74) is 1.34. The highest BCUT2D eigenvalue weighted by atomic mass is 35.5. The zero-order chi connectivity index (χ0) is 20.3. The molecular weight excluding hydrogens is 457 g/mol. The van der Waals surface area contributed by atoms with Crippen molar-refractivity contribution in [1.82, 2.24) is 9.78 Å². The number of ether oxygens (including phenoxy) is 1. The van der Waals surface area contributed by atoms with Gasteiger partial charge in [-0.25, -0.2) is 4.68 Å². The summed E-state index contributed by atoms with van der Waals surface area (Å²) >= 11 is 20.1. The van der Waals surface area contributed by atoms with Crippen molar-refractivity contribution < 1.29 is 9.53 Å². The molecular formula is C18H15Cl2N3O2S3. The molecule has 0 bridgehead atoms. The standard InChI is InChI=1S/C18H15Cl2N3O2S3/c1-10(16(24)21-14-5-3-4-6-15(14)25-2)27-17-22-23(18(26)28-17)11-7-8-12(19)13(20)9-11/h3-10H,1-2H3,(H,21,24)/t10-/m0/s1. The van der Waals surface area contributed by atoms with Crippen LogP contribution in [0.3, 0.4) is 0 Å². The van der Waals surface area contributed by atoms with E-state index in [9.17, 15) is 4.79 Å². The molecule has 1 N–H and O–H groups in total. The molecule has 0 radical (unpaired) electrons. The van der Waals surface area contributed by atoms with E-state index in [0.29, 0.717) is 35.5 Å². The van der Waals surface area contributed by atoms with Crippen molar-refractivity contribution >= 4 is 70.1 Å². The summed E-state index contributed by atoms with van der Waals surface area (Å²) in [5.74, 6) is 0.448. The lowest BCUT2D eigenvalue weighted by molar-refractivity contribution is -0.115. The van der Waals surface area contributed by atoms with E-state index in [1.54, 1.807) is 42.1 Å². The van der Waals surface area contributed by atoms with Crippen LogP contribution in [0.5, 0.6) is 5.75 Å². The Hall–Kier alpha value is -1.58. The number of anilines is 1. The van der Waals surface area contributed by atoms with Crippen LogP contribution in [0.1, 0.15) is 6.92 Å². The fourth-order valence-corrected chi connectivity index (χ4v) is 5.07. The third-order valence-corrected chi connectivity index (χ3v) is 6.84. The highest BCUT2D eigenvalue weighted by Gasteiger charge is 2.19. The van der Waals surface area contributed by atoms with Gasteiger partial charge in [-0.3, -0.25) is 4.79 Å². The molecule has 0 saturated heterocycles. The van der Waals surface area contributed by atoms with Gasteiger partial charge in [-0.15, -0.1) is 5.10 Å². The number of benzene rings is 2. The minimum atomic E-state index is -0.382. The highest BCUT2D eigenvalue weighted by molar-refractivity contribution is 8.02. The van der Waals surface area contributed by atoms with Gasteiger partial charge in [0.25, 0.3) is 0 Å². The largest absolute Gasteiger partial charge is 0.495 e. The van der Waals surface area contributed by atoms with Crippen LogP contribution < -0.4 is 10.1 Å². The molecule has 1 heterocycles. The zero-order valence-electron chi connectivity index (χ0n) is 14.8. The van der Waals surface area contributed by atoms with E-state index in [-0.39, 0.29) is 11.2 Å². The van der Waals surface area contributed by atoms with Gasteiger partial charge in [-0.05, 0) is 49.5 Å². The third-order valence-electron chi connectivity index (χ3n) is 3.69. The van der Waals surface area contributed by atoms with E-state index in [4.69, 9.17) is 40.2 Å². The molecule has 0 spiro atoms. The summed E-state index contributed by atoms with van der Waals surface area (Å²) in [4.78, 5) is 12.6. The second-order valence-electron chi connectivity index (χ2n) is 5.59. The highest BCUT2D eigenvalue weighted by Crippen LogP contribution is 2.31. The smallest absolute Gasteiger partial charge is 0.237 e. The number of halogens is 2. The summed E-state index contributed by atoms with van der Waals surface area (Å²) in [6.07, 6.45) is 0. The maximum absolute atomic E-state index is 12.6. The van der Waals surface area contributed by atoms with Crippen molar-refractivity contribution in [1.29, 1.82) is 0 Å². The lowest BCUT2D eigenvalue weighted by atomic mass is 10.3. The molecule has 146 valence electrons. The second-order valence-corrected chi connectivity index (χ2v) is 9.62. The molecule has 1 aromatic heterocycles. The Morgan fingerprint density at radius 1 is 1.29 bits per heavy atom. The molecule has 2 aromatic carbocycles. The minimum absolute atomic E-state index is 0.156. The number of nitrogens with zero attached hydrogens (tertiary/aromatic N) is 2. The number of methoxy groups -OCH3 is 1. The summed E-state index contributed by atoms with van der Waals surface area (Å²) < 4.78 is 8.10. The van der Waals surface area contributed by atoms with Gasteiger partial charge in [-0.2, -0.15) is 0 Å². The first-order chi connectivity index (χ1) is 13.4. The molecule has 5 nitrogen and oxygen atoms in total. The first-order valence-corrected chi connectivity index (χ1v) is 10.9. The lowest BCUT2D eigenvalue weighted by Crippen LogP contribution is -2.22. The van der Waals surface area contributed by atoms with Gasteiger partial charge in [-0.1, -0.05) is 58.4 Å². The van der Waals surface area contributed by atoms with Crippen molar-refractivity contribution in [2.75, 3.05) is 12.4 Å². The maximum Gasteiger partial charge on any atom is 0.237 e. The number of hydrogen-bond acceptors (Lipinski definition) is 6. The molecule has 1 atom stereocenters. The Balaban J connectivity index is 1.74. The fourth-order valence-electron chi connectivity index (χ4n) is 2.28. The Morgan fingerprint density at radius 2 is 2.04 bits per heavy atom. The molecule has 0 aliphatic rings. The lowest BCUT2D eigenvalue weighted by Gasteiger charge is -2.13. The van der Waals surface area contributed by atoms with Crippen LogP contribution in [0.2, 0.25) is 10.0 Å². The monoisotopic (exact) mass is 471 g/mol. The zero-order valence-corrected chi connectivity index (χ0v) is 18.8. The number of para-hydroxylation sites is 2. The Morgan fingerprint density at radius 3 is 2.75 bits per heavy atom. The van der Waals surface area contributed by atoms with Gasteiger partial charge in [0.05, 0.1) is 33.8 Å². The predicted molar refractivity (Wildman–Crippen MR) is 119 cm³/mol. The number of hydrogen-bond donors (Lipinski definition) is 1. The second kappa shape index (κ2) is 9.28. The molecule has 3 aromatic rings. The van der Waals surface area contributed by atoms with Crippen molar-refractivity contribution in [3.8, 4) is 11.4 Å². The third kappa shape index (κ3) is 4.87. The molecule has 0 saturated carbocycles. The Bertz CT molecular complexity index is 1070. The minimum Gasteiger partial charge on any atom is -0.495 e. The molecule has 10 heteroatoms. The first-order valence-electron chi connectivity index (χ1n) is 8.05. The van der Waals surface area contributed by atoms with Crippen molar-refractivity contribution in [2.45, 2.75) is 16.5 Å². The Kier molecular flexibility index (Phi) is 7.00. The summed E-state index contributed by atoms with van der Waals surface area (Å²) in [6, 6.07) is 12.4. The van der Waals surface area contributed by atoms with Gasteiger partial charge in [0.15, 0.2) is 8.29 Å². The van der Waals surface area contributed by atoms with Gasteiger partial charge < -0.3 is 10.1 Å². The van der Waals surface area contributed by atoms with Crippen molar-refractivity contribution in [3.63, 3.8) is 0 Å². The topological polar surface area (TPSA) is 56.1 Å². The van der Waals surface area contributed by atoms with Crippen molar-refractivity contribution in [3.05, 3.63) is 56.5 Å². The Labute approximate surface area is 185 Å². The molecule has 28 heavy (non-hydrogen) atoms. The van der Waals surface area contributed by atoms with Crippen LogP contribution in [0.25, 0.3) is 5.69 Å². The van der Waals surface area contributed by atoms with E-state index in [2.05, 4.69) is 10.4 Å². The van der Waals surface area contributed by atoms with E-state index >= 15 is 0 Å². The predicted octanol–water partition coefficient (Wildman–Crippen LogP) is 6.10. The van der Waals surface area contributed by atoms with E-state index < -0.39 is 0 Å². The molecule has 0 unspecified atom stereocenters. The van der Waals surface area contributed by atoms with Gasteiger partial charge in [0, 0.05) is 0 Å². The number of amides is 1. The van der Waals surface area contributed by atoms with Crippen LogP contribution in [0.4, 0.5) is 5.69 Å². The first kappa shape index (κ1) is 21.1. The molecule has 0 aliphatic carbocycles. The number of thioether (sulfide) groups is 1. The van der Waals surface area contributed by atoms with Gasteiger partial charge in [0.2, 0.25) is 5.91 Å². The summed E-state index contributed by atoms with van der Waals surface area (Å²) in [6.45, 7) is 1.81. The van der Waals surface area contributed by atoms with E-state index in [1.165, 1.54) is 23.1 Å². The van der Waals surface area contributed by atoms with Crippen LogP contribution in [-0.2, 0) is 4.79 Å². The average Bonchev–Trinajstić information content (AvgIpc) is 3.04. The van der Waals surface area contributed by atoms with Crippen LogP contribution in [0.15, 0.2) is 46.8 Å². The SMILES string of the molecule is COc1ccccc1NC(=O)[C@H](C)Sc1nn(-c2ccc(Cl)c(Cl)c2)c(=S)s1. The number of aromatic nitrogens is 2. The molecule has 0 aliphatic heterocycles. The number of carbonyl (C=O) groups excluding carboxylic acids is 1. The van der Waals surface area contributed by atoms with Crippen LogP contribution in [0, 0.1) is 3.95 Å². The van der Waals surface area contributed by atoms with Gasteiger partial charge in [0.1, 0.15) is 5.75 Å². The molecule has 3 rings (SSSR count). The number of rotatable bonds is 6. The normalized spacial score (nSPS) is 11.9. The summed E-state index contributed by atoms with van der Waals surface area (Å²) in [5, 5.41) is 7.88. The van der Waals surface area contributed by atoms with Gasteiger partial charge >= 0.3 is 0 Å². The fraction of sp³-hybridized carbons (Fsp3) is 0.167. The number of carbonyl (C=O) groups is 1. The van der Waals surface area contributed by atoms with Crippen molar-refractivity contribution in [2.24, 2.45) is 0 Å². The van der Waals surface area contributed by atoms with E-state index in [0.717, 1.165) is 0 Å².